The van der Waals surface area contributed by atoms with Crippen molar-refractivity contribution in [2.75, 3.05) is 45.3 Å². The van der Waals surface area contributed by atoms with E-state index in [9.17, 15) is 4.79 Å². The van der Waals surface area contributed by atoms with Crippen LogP contribution in [0, 0.1) is 0 Å². The fourth-order valence-electron chi connectivity index (χ4n) is 1.74. The van der Waals surface area contributed by atoms with Crippen LogP contribution in [0.3, 0.4) is 0 Å². The lowest BCUT2D eigenvalue weighted by Gasteiger charge is -2.13. The molecule has 0 saturated heterocycles. The van der Waals surface area contributed by atoms with E-state index in [-0.39, 0.29) is 6.10 Å². The van der Waals surface area contributed by atoms with Crippen LogP contribution < -0.4 is 15.8 Å². The summed E-state index contributed by atoms with van der Waals surface area (Å²) in [5.74, 6) is 0.104. The summed E-state index contributed by atoms with van der Waals surface area (Å²) in [5.41, 5.74) is 6.36. The molecule has 0 atom stereocenters. The van der Waals surface area contributed by atoms with Crippen molar-refractivity contribution in [2.24, 2.45) is 0 Å². The van der Waals surface area contributed by atoms with Crippen LogP contribution in [0.15, 0.2) is 0 Å². The molecule has 0 spiro atoms. The number of esters is 1. The molecule has 0 amide bonds. The van der Waals surface area contributed by atoms with Crippen molar-refractivity contribution in [3.05, 3.63) is 4.88 Å². The molecule has 1 aromatic rings. The van der Waals surface area contributed by atoms with Crippen molar-refractivity contribution >= 4 is 28.0 Å². The summed E-state index contributed by atoms with van der Waals surface area (Å²) >= 11 is 1.27. The molecule has 1 aromatic heterocycles. The smallest absolute Gasteiger partial charge is 0.350 e. The van der Waals surface area contributed by atoms with Crippen LogP contribution >= 0.6 is 11.3 Å². The minimum absolute atomic E-state index is 0.0188. The first-order valence-corrected chi connectivity index (χ1v) is 7.74. The van der Waals surface area contributed by atoms with Gasteiger partial charge < -0.3 is 25.4 Å². The molecule has 21 heavy (non-hydrogen) atoms. The van der Waals surface area contributed by atoms with E-state index in [1.54, 1.807) is 0 Å². The first-order chi connectivity index (χ1) is 9.86. The maximum Gasteiger partial charge on any atom is 0.350 e. The Morgan fingerprint density at radius 3 is 2.62 bits per heavy atom. The number of nitrogen functional groups attached to an aromatic ring is 1. The Morgan fingerprint density at radius 2 is 2.10 bits per heavy atom. The number of nitrogens with one attached hydrogen (secondary N) is 1. The number of nitrogens with two attached hydrogens (primary N) is 1. The van der Waals surface area contributed by atoms with Crippen molar-refractivity contribution in [1.82, 2.24) is 4.90 Å². The van der Waals surface area contributed by atoms with E-state index in [1.165, 1.54) is 18.4 Å². The molecule has 0 aliphatic heterocycles. The van der Waals surface area contributed by atoms with Crippen molar-refractivity contribution < 1.29 is 14.3 Å². The standard InChI is InChI=1S/C14H25N3O3S/c1-9(2)20-11-10(15)12(14(18)19-5)21-13(11)16-7-6-8-17(3)4/h9,16H,6-8,15H2,1-5H3. The average Bonchev–Trinajstić information content (AvgIpc) is 2.71. The molecule has 7 heteroatoms. The fourth-order valence-corrected chi connectivity index (χ4v) is 2.74. The van der Waals surface area contributed by atoms with Gasteiger partial charge in [-0.3, -0.25) is 0 Å². The molecule has 1 heterocycles. The second kappa shape index (κ2) is 8.09. The van der Waals surface area contributed by atoms with E-state index in [2.05, 4.69) is 10.2 Å². The molecular weight excluding hydrogens is 290 g/mol. The number of nitrogens with zero attached hydrogens (tertiary/aromatic N) is 1. The molecule has 0 radical (unpaired) electrons. The molecule has 0 saturated carbocycles. The number of ether oxygens (including phenoxy) is 2. The number of rotatable bonds is 8. The van der Waals surface area contributed by atoms with Crippen LogP contribution in [0.4, 0.5) is 10.7 Å². The second-order valence-electron chi connectivity index (χ2n) is 5.24. The Labute approximate surface area is 130 Å². The van der Waals surface area contributed by atoms with E-state index in [0.29, 0.717) is 16.3 Å². The number of carbonyl (C=O) groups excluding carboxylic acids is 1. The van der Waals surface area contributed by atoms with E-state index in [1.807, 2.05) is 27.9 Å². The van der Waals surface area contributed by atoms with E-state index in [0.717, 1.165) is 24.5 Å². The van der Waals surface area contributed by atoms with Gasteiger partial charge in [0.15, 0.2) is 5.75 Å². The lowest BCUT2D eigenvalue weighted by atomic mass is 10.3. The molecule has 0 bridgehead atoms. The largest absolute Gasteiger partial charge is 0.486 e. The number of thiophene rings is 1. The highest BCUT2D eigenvalue weighted by Gasteiger charge is 2.23. The average molecular weight is 315 g/mol. The van der Waals surface area contributed by atoms with Crippen molar-refractivity contribution in [3.63, 3.8) is 0 Å². The number of hydrogen-bond donors (Lipinski definition) is 2. The van der Waals surface area contributed by atoms with Gasteiger partial charge in [-0.2, -0.15) is 0 Å². The van der Waals surface area contributed by atoms with Crippen LogP contribution in [-0.2, 0) is 4.74 Å². The maximum absolute atomic E-state index is 11.7. The molecule has 1 rings (SSSR count). The van der Waals surface area contributed by atoms with Crippen LogP contribution in [0.1, 0.15) is 29.9 Å². The second-order valence-corrected chi connectivity index (χ2v) is 6.27. The number of carbonyl (C=O) groups is 1. The van der Waals surface area contributed by atoms with Gasteiger partial charge in [-0.25, -0.2) is 4.79 Å². The Morgan fingerprint density at radius 1 is 1.43 bits per heavy atom. The molecule has 120 valence electrons. The molecule has 0 fully saturated rings. The highest BCUT2D eigenvalue weighted by Crippen LogP contribution is 2.43. The van der Waals surface area contributed by atoms with Crippen LogP contribution in [0.2, 0.25) is 0 Å². The zero-order valence-electron chi connectivity index (χ0n) is 13.4. The zero-order chi connectivity index (χ0) is 16.0. The van der Waals surface area contributed by atoms with Crippen LogP contribution in [0.5, 0.6) is 5.75 Å². The predicted molar refractivity (Wildman–Crippen MR) is 87.5 cm³/mol. The SMILES string of the molecule is COC(=O)c1sc(NCCCN(C)C)c(OC(C)C)c1N. The van der Waals surface area contributed by atoms with Gasteiger partial charge in [0.05, 0.1) is 13.2 Å². The highest BCUT2D eigenvalue weighted by atomic mass is 32.1. The van der Waals surface area contributed by atoms with Crippen molar-refractivity contribution in [1.29, 1.82) is 0 Å². The molecule has 0 aliphatic rings. The van der Waals surface area contributed by atoms with Gasteiger partial charge in [0, 0.05) is 6.54 Å². The summed E-state index contributed by atoms with van der Waals surface area (Å²) in [6.07, 6.45) is 0.967. The Balaban J connectivity index is 2.86. The monoisotopic (exact) mass is 315 g/mol. The van der Waals surface area contributed by atoms with E-state index < -0.39 is 5.97 Å². The van der Waals surface area contributed by atoms with Gasteiger partial charge >= 0.3 is 5.97 Å². The normalized spacial score (nSPS) is 11.0. The Bertz CT molecular complexity index is 472. The van der Waals surface area contributed by atoms with Gasteiger partial charge in [-0.1, -0.05) is 0 Å². The van der Waals surface area contributed by atoms with Gasteiger partial charge in [0.2, 0.25) is 0 Å². The minimum atomic E-state index is -0.438. The molecule has 3 N–H and O–H groups in total. The van der Waals surface area contributed by atoms with Gasteiger partial charge in [-0.15, -0.1) is 11.3 Å². The third-order valence-electron chi connectivity index (χ3n) is 2.69. The fraction of sp³-hybridized carbons (Fsp3) is 0.643. The minimum Gasteiger partial charge on any atom is -0.486 e. The summed E-state index contributed by atoms with van der Waals surface area (Å²) in [4.78, 5) is 14.2. The lowest BCUT2D eigenvalue weighted by Crippen LogP contribution is -2.16. The Kier molecular flexibility index (Phi) is 6.77. The molecule has 0 unspecified atom stereocenters. The molecular formula is C14H25N3O3S. The highest BCUT2D eigenvalue weighted by molar-refractivity contribution is 7.19. The third-order valence-corrected chi connectivity index (χ3v) is 3.82. The molecule has 0 aliphatic carbocycles. The predicted octanol–water partition coefficient (Wildman–Crippen LogP) is 2.27. The maximum atomic E-state index is 11.7. The van der Waals surface area contributed by atoms with Crippen LogP contribution in [0.25, 0.3) is 0 Å². The van der Waals surface area contributed by atoms with E-state index >= 15 is 0 Å². The zero-order valence-corrected chi connectivity index (χ0v) is 14.2. The first-order valence-electron chi connectivity index (χ1n) is 6.92. The number of methoxy groups -OCH3 is 1. The van der Waals surface area contributed by atoms with Gasteiger partial charge in [0.25, 0.3) is 0 Å². The van der Waals surface area contributed by atoms with Crippen LogP contribution in [-0.4, -0.2) is 51.3 Å². The molecule has 6 nitrogen and oxygen atoms in total. The van der Waals surface area contributed by atoms with E-state index in [4.69, 9.17) is 15.2 Å². The molecule has 0 aromatic carbocycles. The summed E-state index contributed by atoms with van der Waals surface area (Å²) in [7, 11) is 5.41. The van der Waals surface area contributed by atoms with Crippen molar-refractivity contribution in [2.45, 2.75) is 26.4 Å². The third kappa shape index (κ3) is 5.09. The van der Waals surface area contributed by atoms with Gasteiger partial charge in [0.1, 0.15) is 15.6 Å². The lowest BCUT2D eigenvalue weighted by molar-refractivity contribution is 0.0607. The Hall–Kier alpha value is -1.47. The van der Waals surface area contributed by atoms with Crippen molar-refractivity contribution in [3.8, 4) is 5.75 Å². The summed E-state index contributed by atoms with van der Waals surface area (Å²) in [5, 5.41) is 4.07. The number of hydrogen-bond acceptors (Lipinski definition) is 7. The summed E-state index contributed by atoms with van der Waals surface area (Å²) < 4.78 is 10.5. The first kappa shape index (κ1) is 17.6. The number of anilines is 2. The topological polar surface area (TPSA) is 76.8 Å². The quantitative estimate of drug-likeness (QED) is 0.566. The van der Waals surface area contributed by atoms with Gasteiger partial charge in [-0.05, 0) is 40.9 Å². The summed E-state index contributed by atoms with van der Waals surface area (Å²) in [6.45, 7) is 5.61. The summed E-state index contributed by atoms with van der Waals surface area (Å²) in [6, 6.07) is 0.